The van der Waals surface area contributed by atoms with Gasteiger partial charge >= 0.3 is 0 Å². The Kier molecular flexibility index (Phi) is 6.96. The number of hydrogen-bond donors (Lipinski definition) is 2. The van der Waals surface area contributed by atoms with Crippen molar-refractivity contribution in [2.75, 3.05) is 21.0 Å². The zero-order chi connectivity index (χ0) is 22.4. The van der Waals surface area contributed by atoms with Gasteiger partial charge in [0.2, 0.25) is 6.79 Å². The molecule has 0 aromatic heterocycles. The Morgan fingerprint density at radius 2 is 1.87 bits per heavy atom. The first-order chi connectivity index (χ1) is 14.9. The molecule has 31 heavy (non-hydrogen) atoms. The molecule has 2 N–H and O–H groups in total. The predicted molar refractivity (Wildman–Crippen MR) is 114 cm³/mol. The molecule has 9 heteroatoms. The zero-order valence-corrected chi connectivity index (χ0v) is 17.8. The van der Waals surface area contributed by atoms with Crippen molar-refractivity contribution in [2.45, 2.75) is 19.9 Å². The summed E-state index contributed by atoms with van der Waals surface area (Å²) in [6.45, 7) is 3.78. The molecule has 0 aliphatic carbocycles. The van der Waals surface area contributed by atoms with Gasteiger partial charge in [0, 0.05) is 11.1 Å². The second-order valence-corrected chi connectivity index (χ2v) is 7.08. The highest BCUT2D eigenvalue weighted by molar-refractivity contribution is 5.98. The predicted octanol–water partition coefficient (Wildman–Crippen LogP) is 2.34. The lowest BCUT2D eigenvalue weighted by Crippen LogP contribution is -2.48. The molecule has 0 bridgehead atoms. The lowest BCUT2D eigenvalue weighted by molar-refractivity contribution is -0.123. The van der Waals surface area contributed by atoms with Crippen LogP contribution in [0.4, 0.5) is 0 Å². The van der Waals surface area contributed by atoms with Crippen LogP contribution in [0.15, 0.2) is 41.5 Å². The maximum Gasteiger partial charge on any atom is 0.262 e. The highest BCUT2D eigenvalue weighted by Crippen LogP contribution is 2.32. The van der Waals surface area contributed by atoms with Gasteiger partial charge in [-0.25, -0.2) is 5.43 Å². The number of amides is 2. The summed E-state index contributed by atoms with van der Waals surface area (Å²) in [6, 6.07) is 9.39. The SMILES string of the molecule is COc1cccc(C=NNC(=O)C(NC(=O)c2ccc3c(c2)OCO3)C(C)C)c1OC. The van der Waals surface area contributed by atoms with Crippen LogP contribution in [0.2, 0.25) is 0 Å². The Morgan fingerprint density at radius 1 is 1.10 bits per heavy atom. The van der Waals surface area contributed by atoms with E-state index in [0.29, 0.717) is 34.1 Å². The van der Waals surface area contributed by atoms with Gasteiger partial charge in [0.05, 0.1) is 20.4 Å². The Morgan fingerprint density at radius 3 is 2.58 bits per heavy atom. The molecule has 0 radical (unpaired) electrons. The number of carbonyl (C=O) groups is 2. The van der Waals surface area contributed by atoms with Crippen molar-refractivity contribution in [3.8, 4) is 23.0 Å². The number of carbonyl (C=O) groups excluding carboxylic acids is 2. The molecular formula is C22H25N3O6. The first-order valence-corrected chi connectivity index (χ1v) is 9.69. The Balaban J connectivity index is 1.67. The van der Waals surface area contributed by atoms with E-state index in [-0.39, 0.29) is 12.7 Å². The summed E-state index contributed by atoms with van der Waals surface area (Å²) < 4.78 is 21.1. The summed E-state index contributed by atoms with van der Waals surface area (Å²) in [7, 11) is 3.06. The molecule has 1 heterocycles. The lowest BCUT2D eigenvalue weighted by atomic mass is 10.0. The van der Waals surface area contributed by atoms with E-state index in [1.165, 1.54) is 20.4 Å². The first-order valence-electron chi connectivity index (χ1n) is 9.69. The van der Waals surface area contributed by atoms with Crippen LogP contribution in [0.25, 0.3) is 0 Å². The smallest absolute Gasteiger partial charge is 0.262 e. The number of nitrogens with zero attached hydrogens (tertiary/aromatic N) is 1. The Labute approximate surface area is 180 Å². The van der Waals surface area contributed by atoms with Crippen LogP contribution in [0.1, 0.15) is 29.8 Å². The van der Waals surface area contributed by atoms with E-state index in [2.05, 4.69) is 15.8 Å². The third-order valence-electron chi connectivity index (χ3n) is 4.68. The summed E-state index contributed by atoms with van der Waals surface area (Å²) in [6.07, 6.45) is 1.45. The largest absolute Gasteiger partial charge is 0.493 e. The van der Waals surface area contributed by atoms with Crippen LogP contribution in [-0.2, 0) is 4.79 Å². The van der Waals surface area contributed by atoms with Crippen LogP contribution in [0.3, 0.4) is 0 Å². The fourth-order valence-electron chi connectivity index (χ4n) is 3.05. The zero-order valence-electron chi connectivity index (χ0n) is 17.8. The third-order valence-corrected chi connectivity index (χ3v) is 4.68. The van der Waals surface area contributed by atoms with E-state index in [1.54, 1.807) is 36.4 Å². The molecule has 3 rings (SSSR count). The molecule has 1 aliphatic rings. The van der Waals surface area contributed by atoms with E-state index < -0.39 is 17.9 Å². The lowest BCUT2D eigenvalue weighted by Gasteiger charge is -2.20. The Hall–Kier alpha value is -3.75. The second-order valence-electron chi connectivity index (χ2n) is 7.08. The minimum absolute atomic E-state index is 0.119. The quantitative estimate of drug-likeness (QED) is 0.495. The summed E-state index contributed by atoms with van der Waals surface area (Å²) >= 11 is 0. The number of para-hydroxylation sites is 1. The van der Waals surface area contributed by atoms with Crippen LogP contribution < -0.4 is 29.7 Å². The maximum atomic E-state index is 12.7. The molecule has 0 saturated heterocycles. The van der Waals surface area contributed by atoms with Gasteiger partial charge in [-0.2, -0.15) is 5.10 Å². The minimum Gasteiger partial charge on any atom is -0.493 e. The number of hydrogen-bond acceptors (Lipinski definition) is 7. The summed E-state index contributed by atoms with van der Waals surface area (Å²) in [5.41, 5.74) is 3.47. The Bertz CT molecular complexity index is 989. The third kappa shape index (κ3) is 5.06. The van der Waals surface area contributed by atoms with Crippen LogP contribution >= 0.6 is 0 Å². The topological polar surface area (TPSA) is 107 Å². The van der Waals surface area contributed by atoms with E-state index in [1.807, 2.05) is 13.8 Å². The number of hydrazone groups is 1. The van der Waals surface area contributed by atoms with Crippen molar-refractivity contribution in [3.05, 3.63) is 47.5 Å². The molecule has 164 valence electrons. The fraction of sp³-hybridized carbons (Fsp3) is 0.318. The first kappa shape index (κ1) is 21.9. The van der Waals surface area contributed by atoms with Crippen LogP contribution in [-0.4, -0.2) is 45.1 Å². The maximum absolute atomic E-state index is 12.7. The van der Waals surface area contributed by atoms with Crippen molar-refractivity contribution < 1.29 is 28.5 Å². The van der Waals surface area contributed by atoms with Crippen LogP contribution in [0, 0.1) is 5.92 Å². The number of nitrogens with one attached hydrogen (secondary N) is 2. The van der Waals surface area contributed by atoms with Gasteiger partial charge in [-0.3, -0.25) is 9.59 Å². The van der Waals surface area contributed by atoms with Gasteiger partial charge < -0.3 is 24.3 Å². The van der Waals surface area contributed by atoms with Gasteiger partial charge in [0.25, 0.3) is 11.8 Å². The van der Waals surface area contributed by atoms with Crippen molar-refractivity contribution in [3.63, 3.8) is 0 Å². The number of fused-ring (bicyclic) bond motifs is 1. The van der Waals surface area contributed by atoms with Gasteiger partial charge in [0.15, 0.2) is 23.0 Å². The van der Waals surface area contributed by atoms with Gasteiger partial charge in [0.1, 0.15) is 6.04 Å². The molecule has 1 atom stereocenters. The molecular weight excluding hydrogens is 402 g/mol. The van der Waals surface area contributed by atoms with Gasteiger partial charge in [-0.15, -0.1) is 0 Å². The highest BCUT2D eigenvalue weighted by atomic mass is 16.7. The summed E-state index contributed by atoms with van der Waals surface area (Å²) in [5, 5.41) is 6.76. The van der Waals surface area contributed by atoms with Crippen molar-refractivity contribution in [2.24, 2.45) is 11.0 Å². The van der Waals surface area contributed by atoms with E-state index in [9.17, 15) is 9.59 Å². The summed E-state index contributed by atoms with van der Waals surface area (Å²) in [4.78, 5) is 25.3. The van der Waals surface area contributed by atoms with Crippen LogP contribution in [0.5, 0.6) is 23.0 Å². The van der Waals surface area contributed by atoms with Crippen molar-refractivity contribution in [1.82, 2.24) is 10.7 Å². The molecule has 9 nitrogen and oxygen atoms in total. The average molecular weight is 427 g/mol. The highest BCUT2D eigenvalue weighted by Gasteiger charge is 2.25. The molecule has 0 saturated carbocycles. The monoisotopic (exact) mass is 427 g/mol. The normalized spacial score (nSPS) is 13.2. The molecule has 2 aromatic rings. The van der Waals surface area contributed by atoms with Gasteiger partial charge in [-0.05, 0) is 36.2 Å². The fourth-order valence-corrected chi connectivity index (χ4v) is 3.05. The molecule has 1 unspecified atom stereocenters. The molecule has 2 aromatic carbocycles. The van der Waals surface area contributed by atoms with E-state index in [0.717, 1.165) is 0 Å². The van der Waals surface area contributed by atoms with Crippen molar-refractivity contribution in [1.29, 1.82) is 0 Å². The standard InChI is InChI=1S/C22H25N3O6/c1-13(2)19(24-21(26)14-8-9-16-18(10-14)31-12-30-16)22(27)25-23-11-15-6-5-7-17(28-3)20(15)29-4/h5-11,13,19H,12H2,1-4H3,(H,24,26)(H,25,27). The average Bonchev–Trinajstić information content (AvgIpc) is 3.24. The molecule has 0 spiro atoms. The summed E-state index contributed by atoms with van der Waals surface area (Å²) in [5.74, 6) is 1.12. The molecule has 0 fully saturated rings. The molecule has 1 aliphatic heterocycles. The van der Waals surface area contributed by atoms with E-state index in [4.69, 9.17) is 18.9 Å². The second kappa shape index (κ2) is 9.84. The van der Waals surface area contributed by atoms with Crippen molar-refractivity contribution >= 4 is 18.0 Å². The number of benzene rings is 2. The van der Waals surface area contributed by atoms with E-state index >= 15 is 0 Å². The minimum atomic E-state index is -0.790. The number of rotatable bonds is 8. The number of methoxy groups -OCH3 is 2. The molecule has 2 amide bonds. The number of ether oxygens (including phenoxy) is 4. The van der Waals surface area contributed by atoms with Gasteiger partial charge in [-0.1, -0.05) is 19.9 Å².